The topological polar surface area (TPSA) is 64.7 Å². The molecule has 0 aliphatic carbocycles. The van der Waals surface area contributed by atoms with Gasteiger partial charge in [0, 0.05) is 0 Å². The van der Waals surface area contributed by atoms with Crippen LogP contribution in [0.3, 0.4) is 0 Å². The molecule has 2 heterocycles. The molecule has 0 fully saturated rings. The van der Waals surface area contributed by atoms with Gasteiger partial charge in [-0.05, 0) is 5.75 Å². The number of aromatic nitrogens is 3. The quantitative estimate of drug-likeness (QED) is 0.769. The van der Waals surface area contributed by atoms with Crippen LogP contribution in [0.5, 0.6) is 0 Å². The first kappa shape index (κ1) is 8.71. The third-order valence-electron chi connectivity index (χ3n) is 1.42. The molecule has 2 aromatic heterocycles. The van der Waals surface area contributed by atoms with E-state index in [9.17, 15) is 0 Å². The predicted molar refractivity (Wildman–Crippen MR) is 56.0 cm³/mol. The number of nitrogens with zero attached hydrogens (tertiary/aromatic N) is 3. The highest BCUT2D eigenvalue weighted by Gasteiger charge is 2.04. The molecule has 0 amide bonds. The van der Waals surface area contributed by atoms with Gasteiger partial charge in [-0.3, -0.25) is 0 Å². The molecule has 0 saturated carbocycles. The molecule has 2 aromatic rings. The Labute approximate surface area is 83.6 Å². The lowest BCUT2D eigenvalue weighted by Gasteiger charge is -1.87. The normalized spacial score (nSPS) is 10.8. The molecule has 0 aliphatic heterocycles. The average molecular weight is 212 g/mol. The highest BCUT2D eigenvalue weighted by Crippen LogP contribution is 2.27. The number of nitrogen functional groups attached to an aromatic ring is 1. The first-order valence-corrected chi connectivity index (χ1v) is 5.61. The second-order valence-corrected chi connectivity index (χ2v) is 4.82. The van der Waals surface area contributed by atoms with Crippen molar-refractivity contribution in [1.82, 2.24) is 15.0 Å². The van der Waals surface area contributed by atoms with E-state index in [0.717, 1.165) is 20.4 Å². The van der Waals surface area contributed by atoms with Gasteiger partial charge in [0.15, 0.2) is 4.34 Å². The molecule has 0 unspecified atom stereocenters. The fourth-order valence-corrected chi connectivity index (χ4v) is 2.80. The summed E-state index contributed by atoms with van der Waals surface area (Å²) in [7, 11) is 0. The highest BCUT2D eigenvalue weighted by molar-refractivity contribution is 8.01. The van der Waals surface area contributed by atoms with E-state index < -0.39 is 0 Å². The summed E-state index contributed by atoms with van der Waals surface area (Å²) in [5, 5.41) is 0. The van der Waals surface area contributed by atoms with Crippen LogP contribution in [0.25, 0.3) is 10.3 Å². The number of hydrogen-bond donors (Lipinski definition) is 1. The van der Waals surface area contributed by atoms with Crippen LogP contribution in [0.15, 0.2) is 10.5 Å². The third-order valence-corrected chi connectivity index (χ3v) is 3.41. The minimum atomic E-state index is 0.309. The summed E-state index contributed by atoms with van der Waals surface area (Å²) in [5.74, 6) is 1.33. The van der Waals surface area contributed by atoms with Crippen molar-refractivity contribution in [3.05, 3.63) is 6.20 Å². The van der Waals surface area contributed by atoms with Gasteiger partial charge in [-0.25, -0.2) is 15.0 Å². The van der Waals surface area contributed by atoms with E-state index in [1.807, 2.05) is 0 Å². The Balaban J connectivity index is 2.49. The minimum absolute atomic E-state index is 0.309. The Morgan fingerprint density at radius 1 is 1.54 bits per heavy atom. The maximum atomic E-state index is 5.46. The van der Waals surface area contributed by atoms with Crippen LogP contribution in [-0.2, 0) is 0 Å². The number of rotatable bonds is 2. The number of anilines is 1. The maximum Gasteiger partial charge on any atom is 0.221 e. The smallest absolute Gasteiger partial charge is 0.221 e. The van der Waals surface area contributed by atoms with Crippen LogP contribution in [0, 0.1) is 0 Å². The molecule has 68 valence electrons. The lowest BCUT2D eigenvalue weighted by molar-refractivity contribution is 1.21. The molecule has 0 saturated heterocycles. The van der Waals surface area contributed by atoms with Gasteiger partial charge in [0.1, 0.15) is 10.3 Å². The van der Waals surface area contributed by atoms with E-state index in [2.05, 4.69) is 21.9 Å². The first-order chi connectivity index (χ1) is 6.29. The second kappa shape index (κ2) is 3.47. The van der Waals surface area contributed by atoms with Crippen molar-refractivity contribution < 1.29 is 0 Å². The average Bonchev–Trinajstić information content (AvgIpc) is 2.46. The fraction of sp³-hybridized carbons (Fsp3) is 0.286. The van der Waals surface area contributed by atoms with Gasteiger partial charge in [-0.1, -0.05) is 30.0 Å². The predicted octanol–water partition coefficient (Wildman–Crippen LogP) is 1.78. The molecule has 0 bridgehead atoms. The second-order valence-electron chi connectivity index (χ2n) is 2.33. The van der Waals surface area contributed by atoms with Crippen molar-refractivity contribution in [2.45, 2.75) is 11.3 Å². The molecule has 2 N–H and O–H groups in total. The summed E-state index contributed by atoms with van der Waals surface area (Å²) in [4.78, 5) is 13.2. The number of hydrogen-bond acceptors (Lipinski definition) is 6. The van der Waals surface area contributed by atoms with Gasteiger partial charge >= 0.3 is 0 Å². The van der Waals surface area contributed by atoms with Crippen LogP contribution in [0.1, 0.15) is 6.92 Å². The van der Waals surface area contributed by atoms with Crippen LogP contribution < -0.4 is 5.73 Å². The van der Waals surface area contributed by atoms with Crippen molar-refractivity contribution in [1.29, 1.82) is 0 Å². The molecule has 13 heavy (non-hydrogen) atoms. The van der Waals surface area contributed by atoms with Crippen LogP contribution in [0.4, 0.5) is 5.95 Å². The SMILES string of the molecule is CCSc1nc2cnc(N)nc2s1. The Morgan fingerprint density at radius 3 is 3.15 bits per heavy atom. The standard InChI is InChI=1S/C7H8N4S2/c1-2-12-7-10-4-3-9-6(8)11-5(4)13-7/h3H,2H2,1H3,(H2,8,9,11). The van der Waals surface area contributed by atoms with Crippen LogP contribution in [-0.4, -0.2) is 20.7 Å². The van der Waals surface area contributed by atoms with Crippen molar-refractivity contribution >= 4 is 39.4 Å². The van der Waals surface area contributed by atoms with Crippen molar-refractivity contribution in [3.63, 3.8) is 0 Å². The van der Waals surface area contributed by atoms with E-state index in [0.29, 0.717) is 5.95 Å². The van der Waals surface area contributed by atoms with E-state index in [1.165, 1.54) is 0 Å². The molecule has 4 nitrogen and oxygen atoms in total. The molecule has 6 heteroatoms. The Bertz CT molecular complexity index is 425. The monoisotopic (exact) mass is 212 g/mol. The fourth-order valence-electron chi connectivity index (χ4n) is 0.914. The highest BCUT2D eigenvalue weighted by atomic mass is 32.2. The molecule has 0 aromatic carbocycles. The molecular formula is C7H8N4S2. The third kappa shape index (κ3) is 1.73. The summed E-state index contributed by atoms with van der Waals surface area (Å²) in [6.07, 6.45) is 1.66. The molecule has 0 atom stereocenters. The summed E-state index contributed by atoms with van der Waals surface area (Å²) in [6, 6.07) is 0. The van der Waals surface area contributed by atoms with Crippen molar-refractivity contribution in [2.75, 3.05) is 11.5 Å². The largest absolute Gasteiger partial charge is 0.368 e. The van der Waals surface area contributed by atoms with Crippen molar-refractivity contribution in [3.8, 4) is 0 Å². The summed E-state index contributed by atoms with van der Waals surface area (Å²) < 4.78 is 1.03. The lowest BCUT2D eigenvalue weighted by atomic mass is 10.6. The maximum absolute atomic E-state index is 5.46. The minimum Gasteiger partial charge on any atom is -0.368 e. The van der Waals surface area contributed by atoms with E-state index in [-0.39, 0.29) is 0 Å². The zero-order chi connectivity index (χ0) is 9.26. The first-order valence-electron chi connectivity index (χ1n) is 3.81. The van der Waals surface area contributed by atoms with Gasteiger partial charge in [0.25, 0.3) is 0 Å². The van der Waals surface area contributed by atoms with Gasteiger partial charge in [-0.15, -0.1) is 0 Å². The Morgan fingerprint density at radius 2 is 2.38 bits per heavy atom. The van der Waals surface area contributed by atoms with Crippen molar-refractivity contribution in [2.24, 2.45) is 0 Å². The van der Waals surface area contributed by atoms with Gasteiger partial charge in [0.2, 0.25) is 5.95 Å². The van der Waals surface area contributed by atoms with Gasteiger partial charge in [0.05, 0.1) is 6.20 Å². The molecular weight excluding hydrogens is 204 g/mol. The van der Waals surface area contributed by atoms with E-state index in [1.54, 1.807) is 29.3 Å². The molecule has 0 radical (unpaired) electrons. The molecule has 2 rings (SSSR count). The molecule has 0 aliphatic rings. The lowest BCUT2D eigenvalue weighted by Crippen LogP contribution is -1.92. The van der Waals surface area contributed by atoms with Gasteiger partial charge in [-0.2, -0.15) is 0 Å². The van der Waals surface area contributed by atoms with Gasteiger partial charge < -0.3 is 5.73 Å². The summed E-state index contributed by atoms with van der Waals surface area (Å²) in [5.41, 5.74) is 6.29. The Kier molecular flexibility index (Phi) is 2.32. The number of thiazole rings is 1. The zero-order valence-electron chi connectivity index (χ0n) is 7.02. The van der Waals surface area contributed by atoms with Crippen LogP contribution in [0.2, 0.25) is 0 Å². The number of thioether (sulfide) groups is 1. The summed E-state index contributed by atoms with van der Waals surface area (Å²) >= 11 is 3.26. The zero-order valence-corrected chi connectivity index (χ0v) is 8.65. The summed E-state index contributed by atoms with van der Waals surface area (Å²) in [6.45, 7) is 2.09. The van der Waals surface area contributed by atoms with E-state index in [4.69, 9.17) is 5.73 Å². The molecule has 0 spiro atoms. The number of nitrogens with two attached hydrogens (primary N) is 1. The number of fused-ring (bicyclic) bond motifs is 1. The van der Waals surface area contributed by atoms with E-state index >= 15 is 0 Å². The Hall–Kier alpha value is -0.880. The van der Waals surface area contributed by atoms with Crippen LogP contribution >= 0.6 is 23.1 Å².